The molecular formula is C5H4NOs. The van der Waals surface area contributed by atoms with Crippen LogP contribution in [0, 0.1) is 6.20 Å². The van der Waals surface area contributed by atoms with E-state index in [4.69, 9.17) is 0 Å². The Balaban J connectivity index is 0.000000360. The first-order chi connectivity index (χ1) is 3.00. The molecule has 0 fully saturated rings. The summed E-state index contributed by atoms with van der Waals surface area (Å²) >= 11 is 0. The summed E-state index contributed by atoms with van der Waals surface area (Å²) in [4.78, 5) is 3.66. The van der Waals surface area contributed by atoms with Gasteiger partial charge in [-0.2, -0.15) is 18.2 Å². The SMILES string of the molecule is [Os+].[c-]1ccccn1. The van der Waals surface area contributed by atoms with E-state index in [-0.39, 0.29) is 19.8 Å². The van der Waals surface area contributed by atoms with Gasteiger partial charge in [-0.15, -0.1) is 0 Å². The Morgan fingerprint density at radius 1 is 1.29 bits per heavy atom. The Labute approximate surface area is 55.8 Å². The Kier molecular flexibility index (Phi) is 3.84. The molecule has 0 bridgehead atoms. The first-order valence-electron chi connectivity index (χ1n) is 1.77. The van der Waals surface area contributed by atoms with E-state index in [9.17, 15) is 0 Å². The summed E-state index contributed by atoms with van der Waals surface area (Å²) < 4.78 is 0. The van der Waals surface area contributed by atoms with Crippen molar-refractivity contribution < 1.29 is 19.8 Å². The Bertz CT molecular complexity index is 80.0. The van der Waals surface area contributed by atoms with Gasteiger partial charge in [0.25, 0.3) is 0 Å². The van der Waals surface area contributed by atoms with Crippen LogP contribution in [0.4, 0.5) is 0 Å². The second-order valence-electron chi connectivity index (χ2n) is 0.959. The van der Waals surface area contributed by atoms with Gasteiger partial charge in [-0.25, -0.2) is 0 Å². The third-order valence-corrected chi connectivity index (χ3v) is 0.517. The zero-order chi connectivity index (χ0) is 4.24. The molecule has 7 heavy (non-hydrogen) atoms. The van der Waals surface area contributed by atoms with Crippen LogP contribution in [0.1, 0.15) is 0 Å². The molecule has 1 aromatic rings. The summed E-state index contributed by atoms with van der Waals surface area (Å²) in [5.41, 5.74) is 0. The van der Waals surface area contributed by atoms with E-state index in [0.29, 0.717) is 0 Å². The average molecular weight is 268 g/mol. The molecular weight excluding hydrogens is 264 g/mol. The predicted octanol–water partition coefficient (Wildman–Crippen LogP) is 0.879. The van der Waals surface area contributed by atoms with Gasteiger partial charge in [0.05, 0.1) is 0 Å². The van der Waals surface area contributed by atoms with Gasteiger partial charge in [0.15, 0.2) is 0 Å². The van der Waals surface area contributed by atoms with Gasteiger partial charge in [-0.05, 0) is 0 Å². The molecule has 0 aromatic carbocycles. The van der Waals surface area contributed by atoms with Crippen molar-refractivity contribution in [3.05, 3.63) is 30.6 Å². The molecule has 1 radical (unpaired) electrons. The van der Waals surface area contributed by atoms with E-state index in [2.05, 4.69) is 11.2 Å². The minimum Gasteiger partial charge on any atom is -0.394 e. The van der Waals surface area contributed by atoms with Crippen LogP contribution < -0.4 is 0 Å². The van der Waals surface area contributed by atoms with Crippen molar-refractivity contribution in [2.75, 3.05) is 0 Å². The average Bonchev–Trinajstić information content (AvgIpc) is 1.72. The summed E-state index contributed by atoms with van der Waals surface area (Å²) in [5.74, 6) is 0. The second kappa shape index (κ2) is 3.96. The predicted molar refractivity (Wildman–Crippen MR) is 23.1 cm³/mol. The molecule has 1 aromatic heterocycles. The van der Waals surface area contributed by atoms with Gasteiger partial charge >= 0.3 is 19.8 Å². The van der Waals surface area contributed by atoms with Crippen molar-refractivity contribution in [3.63, 3.8) is 0 Å². The summed E-state index contributed by atoms with van der Waals surface area (Å²) in [6.07, 6.45) is 4.34. The molecule has 1 heterocycles. The smallest absolute Gasteiger partial charge is 0.394 e. The monoisotopic (exact) mass is 270 g/mol. The Morgan fingerprint density at radius 2 is 2.14 bits per heavy atom. The van der Waals surface area contributed by atoms with Crippen molar-refractivity contribution in [2.24, 2.45) is 0 Å². The van der Waals surface area contributed by atoms with Crippen LogP contribution in [-0.4, -0.2) is 4.98 Å². The van der Waals surface area contributed by atoms with Crippen LogP contribution in [0.3, 0.4) is 0 Å². The molecule has 0 aliphatic heterocycles. The maximum Gasteiger partial charge on any atom is 1.00 e. The van der Waals surface area contributed by atoms with Gasteiger partial charge < -0.3 is 4.98 Å². The number of rotatable bonds is 0. The molecule has 0 unspecified atom stereocenters. The molecule has 0 saturated carbocycles. The fourth-order valence-electron chi connectivity index (χ4n) is 0.277. The van der Waals surface area contributed by atoms with E-state index in [1.807, 2.05) is 12.1 Å². The van der Waals surface area contributed by atoms with Crippen molar-refractivity contribution in [1.82, 2.24) is 4.98 Å². The minimum absolute atomic E-state index is 0. The van der Waals surface area contributed by atoms with Crippen molar-refractivity contribution >= 4 is 0 Å². The van der Waals surface area contributed by atoms with Gasteiger partial charge in [-0.1, -0.05) is 12.4 Å². The first-order valence-corrected chi connectivity index (χ1v) is 1.77. The molecule has 1 nitrogen and oxygen atoms in total. The van der Waals surface area contributed by atoms with Crippen LogP contribution in [-0.2, 0) is 19.8 Å². The Hall–Kier alpha value is -0.214. The van der Waals surface area contributed by atoms with Gasteiger partial charge in [-0.3, -0.25) is 0 Å². The summed E-state index contributed by atoms with van der Waals surface area (Å²) in [6, 6.07) is 5.50. The zero-order valence-electron chi connectivity index (χ0n) is 3.61. The third kappa shape index (κ3) is 2.48. The fraction of sp³-hybridized carbons (Fsp3) is 0. The Morgan fingerprint density at radius 3 is 2.29 bits per heavy atom. The van der Waals surface area contributed by atoms with Crippen molar-refractivity contribution in [3.8, 4) is 0 Å². The van der Waals surface area contributed by atoms with Crippen LogP contribution >= 0.6 is 0 Å². The summed E-state index contributed by atoms with van der Waals surface area (Å²) in [7, 11) is 0. The van der Waals surface area contributed by atoms with Crippen LogP contribution in [0.25, 0.3) is 0 Å². The van der Waals surface area contributed by atoms with Crippen molar-refractivity contribution in [2.45, 2.75) is 0 Å². The number of hydrogen-bond acceptors (Lipinski definition) is 1. The minimum atomic E-state index is 0. The molecule has 0 atom stereocenters. The number of aromatic nitrogens is 1. The van der Waals surface area contributed by atoms with E-state index in [0.717, 1.165) is 0 Å². The molecule has 0 amide bonds. The quantitative estimate of drug-likeness (QED) is 0.637. The number of nitrogens with zero attached hydrogens (tertiary/aromatic N) is 1. The second-order valence-corrected chi connectivity index (χ2v) is 0.959. The van der Waals surface area contributed by atoms with Crippen molar-refractivity contribution in [1.29, 1.82) is 0 Å². The first kappa shape index (κ1) is 6.79. The van der Waals surface area contributed by atoms with E-state index in [1.54, 1.807) is 12.3 Å². The molecule has 0 saturated heterocycles. The molecule has 1 rings (SSSR count). The van der Waals surface area contributed by atoms with Crippen LogP contribution in [0.5, 0.6) is 0 Å². The number of pyridine rings is 1. The number of hydrogen-bond donors (Lipinski definition) is 0. The molecule has 0 spiro atoms. The summed E-state index contributed by atoms with van der Waals surface area (Å²) in [5, 5.41) is 0. The standard InChI is InChI=1S/C5H4N.Os/c1-2-4-6-5-3-1;/h1-4H;/q-1;+1. The van der Waals surface area contributed by atoms with E-state index >= 15 is 0 Å². The topological polar surface area (TPSA) is 12.9 Å². The van der Waals surface area contributed by atoms with Gasteiger partial charge in [0.1, 0.15) is 0 Å². The zero-order valence-corrected chi connectivity index (χ0v) is 6.15. The van der Waals surface area contributed by atoms with E-state index in [1.165, 1.54) is 0 Å². The summed E-state index contributed by atoms with van der Waals surface area (Å²) in [6.45, 7) is 0. The maximum absolute atomic E-state index is 3.66. The molecule has 2 heteroatoms. The maximum atomic E-state index is 3.66. The van der Waals surface area contributed by atoms with Gasteiger partial charge in [0, 0.05) is 0 Å². The normalized spacial score (nSPS) is 6.86. The third-order valence-electron chi connectivity index (χ3n) is 0.517. The largest absolute Gasteiger partial charge is 1.00 e. The molecule has 0 N–H and O–H groups in total. The van der Waals surface area contributed by atoms with E-state index < -0.39 is 0 Å². The molecule has 0 aliphatic carbocycles. The molecule has 0 aliphatic rings. The van der Waals surface area contributed by atoms with Gasteiger partial charge in [0.2, 0.25) is 0 Å². The molecule has 37 valence electrons. The fourth-order valence-corrected chi connectivity index (χ4v) is 0.277. The van der Waals surface area contributed by atoms with Crippen LogP contribution in [0.15, 0.2) is 24.4 Å². The van der Waals surface area contributed by atoms with Crippen LogP contribution in [0.2, 0.25) is 0 Å².